The summed E-state index contributed by atoms with van der Waals surface area (Å²) < 4.78 is 5.23. The van der Waals surface area contributed by atoms with Crippen LogP contribution >= 0.6 is 0 Å². The van der Waals surface area contributed by atoms with Crippen LogP contribution in [0.3, 0.4) is 0 Å². The lowest BCUT2D eigenvalue weighted by Crippen LogP contribution is -2.38. The Bertz CT molecular complexity index is 238. The summed E-state index contributed by atoms with van der Waals surface area (Å²) in [4.78, 5) is 16.5. The van der Waals surface area contributed by atoms with Gasteiger partial charge in [-0.25, -0.2) is 11.4 Å². The Hall–Kier alpha value is -1.24. The first-order chi connectivity index (χ1) is 6.90. The Kier molecular flexibility index (Phi) is 5.76. The Morgan fingerprint density at radius 1 is 1.40 bits per heavy atom. The van der Waals surface area contributed by atoms with Crippen molar-refractivity contribution in [2.75, 3.05) is 19.6 Å². The van der Waals surface area contributed by atoms with E-state index >= 15 is 0 Å². The molecule has 1 amide bonds. The number of nitrogens with zero attached hydrogens (tertiary/aromatic N) is 2. The van der Waals surface area contributed by atoms with Gasteiger partial charge in [-0.1, -0.05) is 6.92 Å². The maximum atomic E-state index is 11.7. The summed E-state index contributed by atoms with van der Waals surface area (Å²) in [6, 6.07) is 0. The van der Waals surface area contributed by atoms with Gasteiger partial charge in [0, 0.05) is 6.54 Å². The predicted molar refractivity (Wildman–Crippen MR) is 59.6 cm³/mol. The molecule has 0 aromatic rings. The third kappa shape index (κ3) is 6.78. The topological polar surface area (TPSA) is 33.9 Å². The third-order valence-electron chi connectivity index (χ3n) is 1.63. The zero-order valence-corrected chi connectivity index (χ0v) is 10.0. The van der Waals surface area contributed by atoms with Gasteiger partial charge in [0.05, 0.1) is 6.54 Å². The maximum Gasteiger partial charge on any atom is 0.410 e. The first-order valence-corrected chi connectivity index (χ1v) is 5.22. The molecule has 0 aliphatic rings. The summed E-state index contributed by atoms with van der Waals surface area (Å²) in [6.45, 7) is 15.6. The summed E-state index contributed by atoms with van der Waals surface area (Å²) in [7, 11) is 0. The molecule has 0 rings (SSSR count). The molecule has 0 heterocycles. The molecule has 0 bridgehead atoms. The minimum atomic E-state index is -0.471. The monoisotopic (exact) mass is 212 g/mol. The first kappa shape index (κ1) is 13.8. The fraction of sp³-hybridized carbons (Fsp3) is 0.818. The van der Waals surface area contributed by atoms with E-state index in [4.69, 9.17) is 11.3 Å². The van der Waals surface area contributed by atoms with Gasteiger partial charge in [0.25, 0.3) is 0 Å². The average molecular weight is 212 g/mol. The van der Waals surface area contributed by atoms with Gasteiger partial charge in [-0.3, -0.25) is 0 Å². The second-order valence-electron chi connectivity index (χ2n) is 4.35. The summed E-state index contributed by atoms with van der Waals surface area (Å²) in [5.41, 5.74) is -0.471. The molecular weight excluding hydrogens is 192 g/mol. The van der Waals surface area contributed by atoms with Crippen LogP contribution < -0.4 is 0 Å². The van der Waals surface area contributed by atoms with Crippen molar-refractivity contribution < 1.29 is 9.53 Å². The lowest BCUT2D eigenvalue weighted by atomic mass is 10.2. The zero-order chi connectivity index (χ0) is 11.9. The van der Waals surface area contributed by atoms with Gasteiger partial charge in [-0.05, 0) is 27.2 Å². The molecule has 15 heavy (non-hydrogen) atoms. The highest BCUT2D eigenvalue weighted by Crippen LogP contribution is 2.10. The third-order valence-corrected chi connectivity index (χ3v) is 1.63. The van der Waals surface area contributed by atoms with E-state index in [2.05, 4.69) is 4.85 Å². The van der Waals surface area contributed by atoms with Gasteiger partial charge in [-0.15, -0.1) is 0 Å². The number of carbonyl (C=O) groups excluding carboxylic acids is 1. The van der Waals surface area contributed by atoms with Crippen molar-refractivity contribution >= 4 is 6.09 Å². The highest BCUT2D eigenvalue weighted by Gasteiger charge is 2.21. The molecule has 0 atom stereocenters. The Morgan fingerprint density at radius 3 is 2.40 bits per heavy atom. The SMILES string of the molecule is [C-]#[N+]CCN(CCC)C(=O)OC(C)(C)C. The van der Waals surface area contributed by atoms with Crippen LogP contribution in [0.2, 0.25) is 0 Å². The van der Waals surface area contributed by atoms with Gasteiger partial charge in [0.1, 0.15) is 5.60 Å². The number of hydrogen-bond acceptors (Lipinski definition) is 2. The van der Waals surface area contributed by atoms with E-state index in [-0.39, 0.29) is 6.09 Å². The van der Waals surface area contributed by atoms with Gasteiger partial charge >= 0.3 is 6.09 Å². The van der Waals surface area contributed by atoms with Gasteiger partial charge in [-0.2, -0.15) is 0 Å². The van der Waals surface area contributed by atoms with Crippen LogP contribution in [0.5, 0.6) is 0 Å². The summed E-state index contributed by atoms with van der Waals surface area (Å²) in [5, 5.41) is 0. The van der Waals surface area contributed by atoms with Crippen molar-refractivity contribution in [2.45, 2.75) is 39.7 Å². The second kappa shape index (κ2) is 6.28. The molecule has 0 fully saturated rings. The molecule has 0 unspecified atom stereocenters. The predicted octanol–water partition coefficient (Wildman–Crippen LogP) is 2.55. The van der Waals surface area contributed by atoms with Crippen molar-refractivity contribution in [2.24, 2.45) is 0 Å². The minimum absolute atomic E-state index is 0.326. The molecule has 86 valence electrons. The standard InChI is InChI=1S/C11H20N2O2/c1-6-8-13(9-7-12-5)10(14)15-11(2,3)4/h6-9H2,1-4H3. The summed E-state index contributed by atoms with van der Waals surface area (Å²) in [6.07, 6.45) is 0.546. The van der Waals surface area contributed by atoms with Crippen LogP contribution in [0.4, 0.5) is 4.79 Å². The lowest BCUT2D eigenvalue weighted by Gasteiger charge is -2.25. The summed E-state index contributed by atoms with van der Waals surface area (Å²) >= 11 is 0. The molecule has 0 saturated heterocycles. The molecule has 4 heteroatoms. The molecular formula is C11H20N2O2. The fourth-order valence-electron chi connectivity index (χ4n) is 1.06. The number of hydrogen-bond donors (Lipinski definition) is 0. The van der Waals surface area contributed by atoms with E-state index in [0.29, 0.717) is 19.6 Å². The van der Waals surface area contributed by atoms with Crippen LogP contribution in [0.25, 0.3) is 4.85 Å². The van der Waals surface area contributed by atoms with Crippen molar-refractivity contribution in [3.05, 3.63) is 11.4 Å². The maximum absolute atomic E-state index is 11.7. The highest BCUT2D eigenvalue weighted by atomic mass is 16.6. The number of ether oxygens (including phenoxy) is 1. The van der Waals surface area contributed by atoms with Gasteiger partial charge in [0.15, 0.2) is 0 Å². The number of rotatable bonds is 4. The van der Waals surface area contributed by atoms with Crippen LogP contribution in [0, 0.1) is 6.57 Å². The quantitative estimate of drug-likeness (QED) is 0.671. The molecule has 0 aromatic heterocycles. The average Bonchev–Trinajstić information content (AvgIpc) is 2.09. The molecule has 0 aromatic carbocycles. The van der Waals surface area contributed by atoms with Crippen molar-refractivity contribution in [3.63, 3.8) is 0 Å². The molecule has 0 saturated carbocycles. The molecule has 0 radical (unpaired) electrons. The van der Waals surface area contributed by atoms with Crippen LogP contribution in [-0.4, -0.2) is 36.2 Å². The van der Waals surface area contributed by atoms with Gasteiger partial charge in [0.2, 0.25) is 6.54 Å². The van der Waals surface area contributed by atoms with E-state index in [1.165, 1.54) is 0 Å². The van der Waals surface area contributed by atoms with Crippen LogP contribution in [0.15, 0.2) is 0 Å². The van der Waals surface area contributed by atoms with Crippen molar-refractivity contribution in [1.29, 1.82) is 0 Å². The second-order valence-corrected chi connectivity index (χ2v) is 4.35. The molecule has 0 aliphatic carbocycles. The largest absolute Gasteiger partial charge is 0.444 e. The molecule has 0 N–H and O–H groups in total. The Labute approximate surface area is 92.0 Å². The Balaban J connectivity index is 4.23. The summed E-state index contributed by atoms with van der Waals surface area (Å²) in [5.74, 6) is 0. The smallest absolute Gasteiger partial charge is 0.410 e. The van der Waals surface area contributed by atoms with Crippen LogP contribution in [-0.2, 0) is 4.74 Å². The van der Waals surface area contributed by atoms with Crippen LogP contribution in [0.1, 0.15) is 34.1 Å². The highest BCUT2D eigenvalue weighted by molar-refractivity contribution is 5.68. The van der Waals surface area contributed by atoms with Crippen molar-refractivity contribution in [1.82, 2.24) is 4.90 Å². The minimum Gasteiger partial charge on any atom is -0.444 e. The van der Waals surface area contributed by atoms with E-state index in [1.807, 2.05) is 27.7 Å². The molecule has 0 spiro atoms. The van der Waals surface area contributed by atoms with E-state index in [9.17, 15) is 4.79 Å². The zero-order valence-electron chi connectivity index (χ0n) is 10.0. The molecule has 0 aliphatic heterocycles. The van der Waals surface area contributed by atoms with E-state index in [1.54, 1.807) is 4.90 Å². The number of carbonyl (C=O) groups is 1. The molecule has 4 nitrogen and oxygen atoms in total. The van der Waals surface area contributed by atoms with Gasteiger partial charge < -0.3 is 14.5 Å². The van der Waals surface area contributed by atoms with Crippen molar-refractivity contribution in [3.8, 4) is 0 Å². The lowest BCUT2D eigenvalue weighted by molar-refractivity contribution is 0.0259. The Morgan fingerprint density at radius 2 is 2.00 bits per heavy atom. The first-order valence-electron chi connectivity index (χ1n) is 5.22. The fourth-order valence-corrected chi connectivity index (χ4v) is 1.06. The normalized spacial score (nSPS) is 10.6. The van der Waals surface area contributed by atoms with E-state index < -0.39 is 5.60 Å². The van der Waals surface area contributed by atoms with E-state index in [0.717, 1.165) is 6.42 Å². The number of amides is 1.